The quantitative estimate of drug-likeness (QED) is 0.403. The Hall–Kier alpha value is -2.61. The number of hydrogen-bond donors (Lipinski definition) is 1. The molecule has 35 heavy (non-hydrogen) atoms. The number of hydrogen-bond acceptors (Lipinski definition) is 7. The van der Waals surface area contributed by atoms with Gasteiger partial charge in [0.15, 0.2) is 17.3 Å². The molecule has 2 aromatic carbocycles. The normalized spacial score (nSPS) is 18.2. The van der Waals surface area contributed by atoms with Crippen molar-refractivity contribution >= 4 is 11.6 Å². The van der Waals surface area contributed by atoms with Crippen LogP contribution in [0.25, 0.3) is 0 Å². The minimum atomic E-state index is -0.136. The number of halogens is 1. The third-order valence-electron chi connectivity index (χ3n) is 7.28. The Kier molecular flexibility index (Phi) is 7.56. The molecule has 0 spiro atoms. The first-order valence-electron chi connectivity index (χ1n) is 12.5. The molecule has 5 rings (SSSR count). The van der Waals surface area contributed by atoms with Crippen LogP contribution in [0.15, 0.2) is 53.1 Å². The summed E-state index contributed by atoms with van der Waals surface area (Å²) in [6.07, 6.45) is 5.50. The van der Waals surface area contributed by atoms with Gasteiger partial charge < -0.3 is 24.2 Å². The van der Waals surface area contributed by atoms with Crippen molar-refractivity contribution in [1.82, 2.24) is 20.4 Å². The lowest BCUT2D eigenvalue weighted by Gasteiger charge is -2.39. The van der Waals surface area contributed by atoms with Gasteiger partial charge in [0.2, 0.25) is 5.89 Å². The van der Waals surface area contributed by atoms with E-state index in [9.17, 15) is 0 Å². The maximum Gasteiger partial charge on any atom is 0.240 e. The molecule has 0 bridgehead atoms. The van der Waals surface area contributed by atoms with Gasteiger partial charge in [-0.25, -0.2) is 0 Å². The van der Waals surface area contributed by atoms with Crippen LogP contribution in [0.4, 0.5) is 0 Å². The third kappa shape index (κ3) is 5.47. The largest absolute Gasteiger partial charge is 0.493 e. The zero-order valence-corrected chi connectivity index (χ0v) is 21.0. The minimum Gasteiger partial charge on any atom is -0.493 e. The number of aromatic nitrogens is 2. The van der Waals surface area contributed by atoms with Gasteiger partial charge in [0.1, 0.15) is 6.10 Å². The van der Waals surface area contributed by atoms with Crippen LogP contribution in [0.1, 0.15) is 49.4 Å². The van der Waals surface area contributed by atoms with Crippen LogP contribution in [0, 0.1) is 0 Å². The number of piperidine rings is 1. The van der Waals surface area contributed by atoms with E-state index in [4.69, 9.17) is 30.6 Å². The molecule has 2 aliphatic rings. The predicted molar refractivity (Wildman–Crippen MR) is 135 cm³/mol. The predicted octanol–water partition coefficient (Wildman–Crippen LogP) is 4.83. The average Bonchev–Trinajstić information content (AvgIpc) is 3.32. The van der Waals surface area contributed by atoms with E-state index in [2.05, 4.69) is 27.5 Å². The van der Waals surface area contributed by atoms with Crippen molar-refractivity contribution < 1.29 is 14.0 Å². The van der Waals surface area contributed by atoms with Crippen molar-refractivity contribution in [2.45, 2.75) is 50.2 Å². The molecule has 186 valence electrons. The van der Waals surface area contributed by atoms with Gasteiger partial charge in [-0.1, -0.05) is 47.4 Å². The van der Waals surface area contributed by atoms with Gasteiger partial charge >= 0.3 is 0 Å². The van der Waals surface area contributed by atoms with Crippen molar-refractivity contribution in [3.05, 3.63) is 70.8 Å². The Morgan fingerprint density at radius 2 is 1.83 bits per heavy atom. The van der Waals surface area contributed by atoms with Gasteiger partial charge in [-0.2, -0.15) is 4.98 Å². The molecule has 7 nitrogen and oxygen atoms in total. The second-order valence-electron chi connectivity index (χ2n) is 9.44. The summed E-state index contributed by atoms with van der Waals surface area (Å²) in [5.41, 5.74) is 1.08. The van der Waals surface area contributed by atoms with E-state index in [-0.39, 0.29) is 11.5 Å². The van der Waals surface area contributed by atoms with E-state index in [0.29, 0.717) is 12.4 Å². The maximum absolute atomic E-state index is 6.19. The van der Waals surface area contributed by atoms with Crippen LogP contribution in [0.3, 0.4) is 0 Å². The molecular formula is C27H33ClN4O3. The highest BCUT2D eigenvalue weighted by Gasteiger charge is 2.44. The number of likely N-dealkylation sites (tertiary alicyclic amines) is 1. The highest BCUT2D eigenvalue weighted by molar-refractivity contribution is 6.30. The molecule has 1 saturated heterocycles. The molecule has 0 radical (unpaired) electrons. The molecule has 1 aliphatic carbocycles. The van der Waals surface area contributed by atoms with Crippen LogP contribution >= 0.6 is 11.6 Å². The van der Waals surface area contributed by atoms with Crippen LogP contribution in [0.2, 0.25) is 5.02 Å². The molecule has 2 fully saturated rings. The number of para-hydroxylation sites is 2. The van der Waals surface area contributed by atoms with Crippen LogP contribution < -0.4 is 14.8 Å². The highest BCUT2D eigenvalue weighted by atomic mass is 35.5. The van der Waals surface area contributed by atoms with Crippen molar-refractivity contribution in [2.24, 2.45) is 0 Å². The van der Waals surface area contributed by atoms with E-state index >= 15 is 0 Å². The maximum atomic E-state index is 6.19. The summed E-state index contributed by atoms with van der Waals surface area (Å²) >= 11 is 6.08. The lowest BCUT2D eigenvalue weighted by atomic mass is 9.64. The first-order valence-corrected chi connectivity index (χ1v) is 12.9. The highest BCUT2D eigenvalue weighted by Crippen LogP contribution is 2.47. The molecule has 0 atom stereocenters. The van der Waals surface area contributed by atoms with E-state index in [1.807, 2.05) is 36.4 Å². The molecule has 2 heterocycles. The van der Waals surface area contributed by atoms with Crippen molar-refractivity contribution in [1.29, 1.82) is 0 Å². The summed E-state index contributed by atoms with van der Waals surface area (Å²) < 4.78 is 17.2. The second-order valence-corrected chi connectivity index (χ2v) is 9.88. The lowest BCUT2D eigenvalue weighted by Crippen LogP contribution is -2.41. The minimum absolute atomic E-state index is 0.136. The average molecular weight is 497 g/mol. The van der Waals surface area contributed by atoms with Crippen molar-refractivity contribution in [3.63, 3.8) is 0 Å². The van der Waals surface area contributed by atoms with Gasteiger partial charge in [0.25, 0.3) is 0 Å². The first kappa shape index (κ1) is 24.1. The molecule has 1 aliphatic heterocycles. The molecule has 1 aromatic heterocycles. The fraction of sp³-hybridized carbons (Fsp3) is 0.481. The smallest absolute Gasteiger partial charge is 0.240 e. The molecule has 1 N–H and O–H groups in total. The Morgan fingerprint density at radius 3 is 2.51 bits per heavy atom. The van der Waals surface area contributed by atoms with Gasteiger partial charge in [-0.05, 0) is 55.5 Å². The van der Waals surface area contributed by atoms with Crippen molar-refractivity contribution in [2.75, 3.05) is 33.3 Å². The Bertz CT molecular complexity index is 1090. The van der Waals surface area contributed by atoms with Gasteiger partial charge in [-0.15, -0.1) is 0 Å². The summed E-state index contributed by atoms with van der Waals surface area (Å²) in [4.78, 5) is 7.21. The summed E-state index contributed by atoms with van der Waals surface area (Å²) in [5.74, 6) is 3.05. The number of rotatable bonds is 10. The molecule has 0 unspecified atom stereocenters. The number of nitrogens with zero attached hydrogens (tertiary/aromatic N) is 3. The van der Waals surface area contributed by atoms with E-state index in [1.54, 1.807) is 7.11 Å². The fourth-order valence-corrected chi connectivity index (χ4v) is 5.17. The van der Waals surface area contributed by atoms with Crippen LogP contribution in [-0.4, -0.2) is 54.4 Å². The lowest BCUT2D eigenvalue weighted by molar-refractivity contribution is 0.0982. The Morgan fingerprint density at radius 1 is 1.09 bits per heavy atom. The Labute approximate surface area is 211 Å². The van der Waals surface area contributed by atoms with Gasteiger partial charge in [0, 0.05) is 31.2 Å². The molecule has 0 amide bonds. The van der Waals surface area contributed by atoms with E-state index in [0.717, 1.165) is 74.2 Å². The van der Waals surface area contributed by atoms with Gasteiger partial charge in [-0.3, -0.25) is 0 Å². The number of benzene rings is 2. The first-order chi connectivity index (χ1) is 17.2. The zero-order chi connectivity index (χ0) is 24.1. The number of ether oxygens (including phenoxy) is 2. The summed E-state index contributed by atoms with van der Waals surface area (Å²) in [7, 11) is 1.68. The SMILES string of the molecule is COc1ccccc1OC1CCN(CCNCc2nc(C3(c4ccc(Cl)cc4)CCC3)no2)CC1. The summed E-state index contributed by atoms with van der Waals surface area (Å²) in [5, 5.41) is 8.55. The number of methoxy groups -OCH3 is 1. The second kappa shape index (κ2) is 11.0. The summed E-state index contributed by atoms with van der Waals surface area (Å²) in [6, 6.07) is 15.9. The Balaban J connectivity index is 1.05. The summed E-state index contributed by atoms with van der Waals surface area (Å²) in [6.45, 7) is 4.48. The monoisotopic (exact) mass is 496 g/mol. The topological polar surface area (TPSA) is 72.7 Å². The van der Waals surface area contributed by atoms with E-state index < -0.39 is 0 Å². The third-order valence-corrected chi connectivity index (χ3v) is 7.53. The molecule has 1 saturated carbocycles. The van der Waals surface area contributed by atoms with Gasteiger partial charge in [0.05, 0.1) is 19.1 Å². The van der Waals surface area contributed by atoms with Crippen LogP contribution in [0.5, 0.6) is 11.5 Å². The molecular weight excluding hydrogens is 464 g/mol. The molecule has 3 aromatic rings. The van der Waals surface area contributed by atoms with E-state index in [1.165, 1.54) is 12.0 Å². The number of nitrogens with one attached hydrogen (secondary N) is 1. The zero-order valence-electron chi connectivity index (χ0n) is 20.2. The molecule has 8 heteroatoms. The standard InChI is InChI=1S/C27H33ClN4O3/c1-33-23-5-2-3-6-24(23)34-22-11-16-32(17-12-22)18-15-29-19-25-30-26(31-35-25)27(13-4-14-27)20-7-9-21(28)10-8-20/h2-3,5-10,22,29H,4,11-19H2,1H3. The van der Waals surface area contributed by atoms with Crippen LogP contribution in [-0.2, 0) is 12.0 Å². The van der Waals surface area contributed by atoms with Crippen molar-refractivity contribution in [3.8, 4) is 11.5 Å². The fourth-order valence-electron chi connectivity index (χ4n) is 5.04.